The Hall–Kier alpha value is -2.34. The molecule has 0 bridgehead atoms. The third-order valence-electron chi connectivity index (χ3n) is 5.05. The minimum Gasteiger partial charge on any atom is -0.355 e. The van der Waals surface area contributed by atoms with Crippen LogP contribution in [-0.4, -0.2) is 35.5 Å². The number of aryl methyl sites for hydroxylation is 1. The second-order valence-electron chi connectivity index (χ2n) is 6.70. The molecule has 2 amide bonds. The van der Waals surface area contributed by atoms with Crippen LogP contribution in [0.3, 0.4) is 0 Å². The summed E-state index contributed by atoms with van der Waals surface area (Å²) in [6, 6.07) is 9.69. The number of nitrogens with two attached hydrogens (primary N) is 1. The lowest BCUT2D eigenvalue weighted by atomic mass is 9.83. The smallest absolute Gasteiger partial charge is 0.268 e. The summed E-state index contributed by atoms with van der Waals surface area (Å²) in [6.07, 6.45) is 3.68. The van der Waals surface area contributed by atoms with Crippen LogP contribution in [-0.2, 0) is 11.8 Å². The average molecular weight is 342 g/mol. The Labute approximate surface area is 147 Å². The first-order chi connectivity index (χ1) is 12.1. The van der Waals surface area contributed by atoms with Crippen molar-refractivity contribution in [1.29, 1.82) is 0 Å². The number of amides is 2. The Bertz CT molecular complexity index is 768. The maximum Gasteiger partial charge on any atom is 0.268 e. The van der Waals surface area contributed by atoms with E-state index in [1.165, 1.54) is 0 Å². The number of rotatable bonds is 5. The zero-order chi connectivity index (χ0) is 17.8. The largest absolute Gasteiger partial charge is 0.355 e. The number of carbonyl (C=O) groups is 2. The summed E-state index contributed by atoms with van der Waals surface area (Å²) in [4.78, 5) is 25.2. The molecule has 2 atom stereocenters. The summed E-state index contributed by atoms with van der Waals surface area (Å²) in [5.74, 6) is -0.311. The van der Waals surface area contributed by atoms with Gasteiger partial charge in [-0.25, -0.2) is 0 Å². The number of hydrogen-bond acceptors (Lipinski definition) is 3. The van der Waals surface area contributed by atoms with E-state index in [0.717, 1.165) is 36.6 Å². The lowest BCUT2D eigenvalue weighted by Crippen LogP contribution is -2.49. The van der Waals surface area contributed by atoms with Crippen molar-refractivity contribution >= 4 is 22.7 Å². The Morgan fingerprint density at radius 1 is 1.24 bits per heavy atom. The third-order valence-corrected chi connectivity index (χ3v) is 5.05. The molecule has 134 valence electrons. The summed E-state index contributed by atoms with van der Waals surface area (Å²) in [5.41, 5.74) is 7.10. The van der Waals surface area contributed by atoms with Crippen molar-refractivity contribution in [3.63, 3.8) is 0 Å². The van der Waals surface area contributed by atoms with Gasteiger partial charge in [-0.3, -0.25) is 9.59 Å². The molecule has 2 aromatic rings. The van der Waals surface area contributed by atoms with Crippen molar-refractivity contribution in [2.75, 3.05) is 13.1 Å². The molecule has 1 fully saturated rings. The van der Waals surface area contributed by atoms with Crippen molar-refractivity contribution in [2.24, 2.45) is 18.7 Å². The number of para-hydroxylation sites is 1. The van der Waals surface area contributed by atoms with E-state index in [-0.39, 0.29) is 23.8 Å². The fourth-order valence-electron chi connectivity index (χ4n) is 3.69. The first-order valence-electron chi connectivity index (χ1n) is 8.95. The highest BCUT2D eigenvalue weighted by atomic mass is 16.2. The molecular weight excluding hydrogens is 316 g/mol. The van der Waals surface area contributed by atoms with Crippen molar-refractivity contribution in [3.8, 4) is 0 Å². The van der Waals surface area contributed by atoms with Crippen LogP contribution in [0.4, 0.5) is 0 Å². The summed E-state index contributed by atoms with van der Waals surface area (Å²) in [5, 5.41) is 6.99. The van der Waals surface area contributed by atoms with E-state index in [9.17, 15) is 9.59 Å². The van der Waals surface area contributed by atoms with Gasteiger partial charge in [0.05, 0.1) is 5.92 Å². The van der Waals surface area contributed by atoms with E-state index in [2.05, 4.69) is 10.6 Å². The number of benzene rings is 1. The standard InChI is InChI=1S/C19H26N4O2/c1-23-16-9-5-2-6-13(16)12-17(23)19(25)22-15-8-4-3-7-14(15)18(24)21-11-10-20/h2,5-6,9,12,14-15H,3-4,7-8,10-11,20H2,1H3,(H,21,24)(H,22,25)/t14-,15+/m1/s1. The predicted octanol–water partition coefficient (Wildman–Crippen LogP) is 1.54. The van der Waals surface area contributed by atoms with E-state index in [0.29, 0.717) is 18.8 Å². The Morgan fingerprint density at radius 3 is 2.76 bits per heavy atom. The zero-order valence-corrected chi connectivity index (χ0v) is 14.6. The molecular formula is C19H26N4O2. The van der Waals surface area contributed by atoms with Gasteiger partial charge in [-0.05, 0) is 25.0 Å². The molecule has 1 heterocycles. The molecule has 1 saturated carbocycles. The van der Waals surface area contributed by atoms with Crippen molar-refractivity contribution < 1.29 is 9.59 Å². The summed E-state index contributed by atoms with van der Waals surface area (Å²) >= 11 is 0. The summed E-state index contributed by atoms with van der Waals surface area (Å²) < 4.78 is 1.90. The van der Waals surface area contributed by atoms with Gasteiger partial charge in [0.25, 0.3) is 5.91 Å². The van der Waals surface area contributed by atoms with E-state index in [1.807, 2.05) is 41.9 Å². The van der Waals surface area contributed by atoms with Crippen LogP contribution >= 0.6 is 0 Å². The molecule has 6 heteroatoms. The van der Waals surface area contributed by atoms with Crippen LogP contribution in [0.1, 0.15) is 36.2 Å². The van der Waals surface area contributed by atoms with Crippen molar-refractivity contribution in [3.05, 3.63) is 36.0 Å². The molecule has 1 aromatic heterocycles. The maximum absolute atomic E-state index is 12.8. The Morgan fingerprint density at radius 2 is 2.00 bits per heavy atom. The maximum atomic E-state index is 12.8. The van der Waals surface area contributed by atoms with Crippen LogP contribution in [0.5, 0.6) is 0 Å². The minimum atomic E-state index is -0.182. The molecule has 25 heavy (non-hydrogen) atoms. The fraction of sp³-hybridized carbons (Fsp3) is 0.474. The highest BCUT2D eigenvalue weighted by molar-refractivity contribution is 5.99. The molecule has 0 spiro atoms. The van der Waals surface area contributed by atoms with Crippen LogP contribution in [0.2, 0.25) is 0 Å². The minimum absolute atomic E-state index is 0.00695. The average Bonchev–Trinajstić information content (AvgIpc) is 2.97. The monoisotopic (exact) mass is 342 g/mol. The Balaban J connectivity index is 1.75. The summed E-state index contributed by atoms with van der Waals surface area (Å²) in [6.45, 7) is 0.893. The molecule has 0 radical (unpaired) electrons. The molecule has 0 unspecified atom stereocenters. The normalized spacial score (nSPS) is 20.4. The third kappa shape index (κ3) is 3.69. The number of carbonyl (C=O) groups excluding carboxylic acids is 2. The van der Waals surface area contributed by atoms with Gasteiger partial charge >= 0.3 is 0 Å². The second kappa shape index (κ2) is 7.70. The van der Waals surface area contributed by atoms with Gasteiger partial charge in [0, 0.05) is 37.1 Å². The number of hydrogen-bond donors (Lipinski definition) is 3. The molecule has 1 aliphatic carbocycles. The van der Waals surface area contributed by atoms with Gasteiger partial charge in [-0.1, -0.05) is 31.0 Å². The summed E-state index contributed by atoms with van der Waals surface area (Å²) in [7, 11) is 1.89. The number of nitrogens with one attached hydrogen (secondary N) is 2. The quantitative estimate of drug-likeness (QED) is 0.770. The number of nitrogens with zero attached hydrogens (tertiary/aromatic N) is 1. The van der Waals surface area contributed by atoms with Crippen LogP contribution < -0.4 is 16.4 Å². The van der Waals surface area contributed by atoms with E-state index in [1.54, 1.807) is 0 Å². The zero-order valence-electron chi connectivity index (χ0n) is 14.6. The van der Waals surface area contributed by atoms with Gasteiger partial charge in [0.15, 0.2) is 0 Å². The lowest BCUT2D eigenvalue weighted by molar-refractivity contribution is -0.126. The van der Waals surface area contributed by atoms with Crippen LogP contribution in [0.25, 0.3) is 10.9 Å². The van der Waals surface area contributed by atoms with E-state index >= 15 is 0 Å². The second-order valence-corrected chi connectivity index (χ2v) is 6.70. The first-order valence-corrected chi connectivity index (χ1v) is 8.95. The highest BCUT2D eigenvalue weighted by Crippen LogP contribution is 2.25. The topological polar surface area (TPSA) is 89.2 Å². The molecule has 3 rings (SSSR count). The molecule has 4 N–H and O–H groups in total. The Kier molecular flexibility index (Phi) is 5.38. The number of fused-ring (bicyclic) bond motifs is 1. The van der Waals surface area contributed by atoms with Crippen molar-refractivity contribution in [1.82, 2.24) is 15.2 Å². The number of aromatic nitrogens is 1. The van der Waals surface area contributed by atoms with Gasteiger partial charge in [-0.15, -0.1) is 0 Å². The first kappa shape index (κ1) is 17.5. The predicted molar refractivity (Wildman–Crippen MR) is 98.2 cm³/mol. The van der Waals surface area contributed by atoms with Gasteiger partial charge in [0.1, 0.15) is 5.69 Å². The van der Waals surface area contributed by atoms with E-state index in [4.69, 9.17) is 5.73 Å². The van der Waals surface area contributed by atoms with Gasteiger partial charge in [-0.2, -0.15) is 0 Å². The molecule has 0 saturated heterocycles. The van der Waals surface area contributed by atoms with Crippen LogP contribution in [0, 0.1) is 5.92 Å². The highest BCUT2D eigenvalue weighted by Gasteiger charge is 2.32. The molecule has 1 aromatic carbocycles. The van der Waals surface area contributed by atoms with E-state index < -0.39 is 0 Å². The molecule has 6 nitrogen and oxygen atoms in total. The van der Waals surface area contributed by atoms with Crippen molar-refractivity contribution in [2.45, 2.75) is 31.7 Å². The molecule has 0 aliphatic heterocycles. The van der Waals surface area contributed by atoms with Gasteiger partial charge in [0.2, 0.25) is 5.91 Å². The SMILES string of the molecule is Cn1c(C(=O)N[C@H]2CCCC[C@H]2C(=O)NCCN)cc2ccccc21. The lowest BCUT2D eigenvalue weighted by Gasteiger charge is -2.31. The molecule has 1 aliphatic rings. The fourth-order valence-corrected chi connectivity index (χ4v) is 3.69. The van der Waals surface area contributed by atoms with Gasteiger partial charge < -0.3 is 20.9 Å². The van der Waals surface area contributed by atoms with Crippen LogP contribution in [0.15, 0.2) is 30.3 Å².